The zero-order valence-electron chi connectivity index (χ0n) is 14.7. The fourth-order valence-electron chi connectivity index (χ4n) is 3.56. The zero-order chi connectivity index (χ0) is 17.1. The van der Waals surface area contributed by atoms with Crippen molar-refractivity contribution in [3.63, 3.8) is 0 Å². The van der Waals surface area contributed by atoms with Gasteiger partial charge in [-0.05, 0) is 54.3 Å². The van der Waals surface area contributed by atoms with Crippen molar-refractivity contribution >= 4 is 16.7 Å². The van der Waals surface area contributed by atoms with Crippen molar-refractivity contribution in [2.45, 2.75) is 38.8 Å². The van der Waals surface area contributed by atoms with Crippen molar-refractivity contribution in [2.24, 2.45) is 0 Å². The Kier molecular flexibility index (Phi) is 5.05. The number of fused-ring (bicyclic) bond motifs is 1. The van der Waals surface area contributed by atoms with E-state index >= 15 is 0 Å². The van der Waals surface area contributed by atoms with Crippen LogP contribution in [0.5, 0.6) is 5.75 Å². The third-order valence-corrected chi connectivity index (χ3v) is 5.04. The number of rotatable bonds is 4. The molecule has 1 unspecified atom stereocenters. The van der Waals surface area contributed by atoms with Gasteiger partial charge < -0.3 is 10.1 Å². The molecule has 1 aliphatic rings. The zero-order valence-corrected chi connectivity index (χ0v) is 14.7. The van der Waals surface area contributed by atoms with Gasteiger partial charge in [0.25, 0.3) is 0 Å². The predicted octanol–water partition coefficient (Wildman–Crippen LogP) is 3.51. The number of likely N-dealkylation sites (tertiary alicyclic amines) is 1. The molecule has 3 rings (SSSR count). The van der Waals surface area contributed by atoms with Crippen LogP contribution in [0.3, 0.4) is 0 Å². The fourth-order valence-corrected chi connectivity index (χ4v) is 3.56. The summed E-state index contributed by atoms with van der Waals surface area (Å²) in [6.07, 6.45) is 2.05. The number of benzene rings is 2. The highest BCUT2D eigenvalue weighted by Gasteiger charge is 2.23. The number of hydrogen-bond donors (Lipinski definition) is 1. The number of methoxy groups -OCH3 is 1. The fraction of sp³-hybridized carbons (Fsp3) is 0.450. The molecule has 0 saturated carbocycles. The van der Waals surface area contributed by atoms with Gasteiger partial charge in [0.2, 0.25) is 5.91 Å². The lowest BCUT2D eigenvalue weighted by Crippen LogP contribution is -2.44. The van der Waals surface area contributed by atoms with Crippen LogP contribution in [0.4, 0.5) is 0 Å². The van der Waals surface area contributed by atoms with Crippen LogP contribution in [0.1, 0.15) is 38.3 Å². The Morgan fingerprint density at radius 1 is 1.17 bits per heavy atom. The standard InChI is InChI=1S/C20H26N2O2/c1-14(22-10-8-19(9-11-22)21-15(2)23)16-4-5-18-13-20(24-3)7-6-17(18)12-16/h4-7,12-14,19H,8-11H2,1-3H3,(H,21,23). The number of carbonyl (C=O) groups excluding carboxylic acids is 1. The minimum Gasteiger partial charge on any atom is -0.497 e. The van der Waals surface area contributed by atoms with Crippen molar-refractivity contribution in [3.05, 3.63) is 42.0 Å². The molecule has 0 radical (unpaired) electrons. The van der Waals surface area contributed by atoms with Crippen LogP contribution in [0, 0.1) is 0 Å². The summed E-state index contributed by atoms with van der Waals surface area (Å²) in [5, 5.41) is 5.49. The summed E-state index contributed by atoms with van der Waals surface area (Å²) >= 11 is 0. The third kappa shape index (κ3) is 3.70. The second kappa shape index (κ2) is 7.22. The molecule has 1 atom stereocenters. The van der Waals surface area contributed by atoms with E-state index in [-0.39, 0.29) is 5.91 Å². The van der Waals surface area contributed by atoms with Gasteiger partial charge in [-0.3, -0.25) is 9.69 Å². The van der Waals surface area contributed by atoms with E-state index in [2.05, 4.69) is 47.5 Å². The van der Waals surface area contributed by atoms with Gasteiger partial charge in [-0.15, -0.1) is 0 Å². The van der Waals surface area contributed by atoms with Crippen LogP contribution in [-0.4, -0.2) is 37.0 Å². The summed E-state index contributed by atoms with van der Waals surface area (Å²) in [6.45, 7) is 5.90. The van der Waals surface area contributed by atoms with E-state index in [9.17, 15) is 4.79 Å². The molecule has 24 heavy (non-hydrogen) atoms. The maximum Gasteiger partial charge on any atom is 0.217 e. The monoisotopic (exact) mass is 326 g/mol. The Morgan fingerprint density at radius 3 is 2.50 bits per heavy atom. The van der Waals surface area contributed by atoms with Crippen molar-refractivity contribution in [2.75, 3.05) is 20.2 Å². The molecule has 1 N–H and O–H groups in total. The maximum atomic E-state index is 11.2. The molecule has 2 aromatic carbocycles. The van der Waals surface area contributed by atoms with Gasteiger partial charge in [-0.25, -0.2) is 0 Å². The molecule has 1 aliphatic heterocycles. The smallest absolute Gasteiger partial charge is 0.217 e. The number of piperidine rings is 1. The van der Waals surface area contributed by atoms with Crippen molar-refractivity contribution in [3.8, 4) is 5.75 Å². The molecule has 1 heterocycles. The Hall–Kier alpha value is -2.07. The third-order valence-electron chi connectivity index (χ3n) is 5.04. The molecule has 0 bridgehead atoms. The first-order valence-corrected chi connectivity index (χ1v) is 8.65. The molecule has 1 saturated heterocycles. The van der Waals surface area contributed by atoms with Crippen molar-refractivity contribution in [1.82, 2.24) is 10.2 Å². The highest BCUT2D eigenvalue weighted by Crippen LogP contribution is 2.28. The van der Waals surface area contributed by atoms with Crippen LogP contribution in [0.15, 0.2) is 36.4 Å². The molecular weight excluding hydrogens is 300 g/mol. The average molecular weight is 326 g/mol. The predicted molar refractivity (Wildman–Crippen MR) is 97.3 cm³/mol. The first-order chi connectivity index (χ1) is 11.6. The Labute approximate surface area is 143 Å². The molecule has 2 aromatic rings. The molecule has 1 fully saturated rings. The summed E-state index contributed by atoms with van der Waals surface area (Å²) in [5.41, 5.74) is 1.34. The van der Waals surface area contributed by atoms with Crippen LogP contribution >= 0.6 is 0 Å². The molecule has 0 spiro atoms. The van der Waals surface area contributed by atoms with Crippen molar-refractivity contribution < 1.29 is 9.53 Å². The number of amides is 1. The largest absolute Gasteiger partial charge is 0.497 e. The van der Waals surface area contributed by atoms with Crippen LogP contribution < -0.4 is 10.1 Å². The summed E-state index contributed by atoms with van der Waals surface area (Å²) in [4.78, 5) is 13.7. The summed E-state index contributed by atoms with van der Waals surface area (Å²) in [5.74, 6) is 0.967. The summed E-state index contributed by atoms with van der Waals surface area (Å²) < 4.78 is 5.29. The Bertz CT molecular complexity index is 721. The Morgan fingerprint density at radius 2 is 1.83 bits per heavy atom. The van der Waals surface area contributed by atoms with Crippen LogP contribution in [0.25, 0.3) is 10.8 Å². The van der Waals surface area contributed by atoms with Gasteiger partial charge in [0.1, 0.15) is 5.75 Å². The van der Waals surface area contributed by atoms with Crippen LogP contribution in [-0.2, 0) is 4.79 Å². The highest BCUT2D eigenvalue weighted by molar-refractivity contribution is 5.84. The number of nitrogens with zero attached hydrogens (tertiary/aromatic N) is 1. The van der Waals surface area contributed by atoms with E-state index in [1.807, 2.05) is 6.07 Å². The lowest BCUT2D eigenvalue weighted by atomic mass is 9.98. The number of ether oxygens (including phenoxy) is 1. The van der Waals surface area contributed by atoms with Gasteiger partial charge in [0.15, 0.2) is 0 Å². The minimum atomic E-state index is 0.0754. The summed E-state index contributed by atoms with van der Waals surface area (Å²) in [6, 6.07) is 13.6. The topological polar surface area (TPSA) is 41.6 Å². The first kappa shape index (κ1) is 16.8. The molecule has 1 amide bonds. The first-order valence-electron chi connectivity index (χ1n) is 8.65. The SMILES string of the molecule is COc1ccc2cc(C(C)N3CCC(NC(C)=O)CC3)ccc2c1. The van der Waals surface area contributed by atoms with E-state index in [4.69, 9.17) is 4.74 Å². The minimum absolute atomic E-state index is 0.0754. The lowest BCUT2D eigenvalue weighted by Gasteiger charge is -2.36. The Balaban J connectivity index is 1.70. The van der Waals surface area contributed by atoms with E-state index in [1.165, 1.54) is 16.3 Å². The highest BCUT2D eigenvalue weighted by atomic mass is 16.5. The maximum absolute atomic E-state index is 11.2. The average Bonchev–Trinajstić information content (AvgIpc) is 2.60. The second-order valence-corrected chi connectivity index (χ2v) is 6.66. The molecule has 4 heteroatoms. The van der Waals surface area contributed by atoms with Crippen molar-refractivity contribution in [1.29, 1.82) is 0 Å². The molecular formula is C20H26N2O2. The summed E-state index contributed by atoms with van der Waals surface area (Å²) in [7, 11) is 1.70. The van der Waals surface area contributed by atoms with Gasteiger partial charge in [-0.1, -0.05) is 18.2 Å². The van der Waals surface area contributed by atoms with E-state index in [0.29, 0.717) is 12.1 Å². The lowest BCUT2D eigenvalue weighted by molar-refractivity contribution is -0.120. The van der Waals surface area contributed by atoms with Crippen LogP contribution in [0.2, 0.25) is 0 Å². The van der Waals surface area contributed by atoms with Gasteiger partial charge >= 0.3 is 0 Å². The molecule has 128 valence electrons. The van der Waals surface area contributed by atoms with E-state index < -0.39 is 0 Å². The van der Waals surface area contributed by atoms with E-state index in [0.717, 1.165) is 31.7 Å². The quantitative estimate of drug-likeness (QED) is 0.935. The number of carbonyl (C=O) groups is 1. The normalized spacial score (nSPS) is 17.6. The second-order valence-electron chi connectivity index (χ2n) is 6.66. The van der Waals surface area contributed by atoms with Gasteiger partial charge in [0, 0.05) is 32.1 Å². The van der Waals surface area contributed by atoms with E-state index in [1.54, 1.807) is 14.0 Å². The number of hydrogen-bond acceptors (Lipinski definition) is 3. The van der Waals surface area contributed by atoms with Gasteiger partial charge in [-0.2, -0.15) is 0 Å². The molecule has 0 aliphatic carbocycles. The van der Waals surface area contributed by atoms with Gasteiger partial charge in [0.05, 0.1) is 7.11 Å². The molecule has 4 nitrogen and oxygen atoms in total. The number of nitrogens with one attached hydrogen (secondary N) is 1. The molecule has 0 aromatic heterocycles.